The Bertz CT molecular complexity index is 837. The molecule has 1 unspecified atom stereocenters. The van der Waals surface area contributed by atoms with Gasteiger partial charge in [0.15, 0.2) is 5.96 Å². The third-order valence-electron chi connectivity index (χ3n) is 4.16. The average Bonchev–Trinajstić information content (AvgIpc) is 3.12. The van der Waals surface area contributed by atoms with Crippen LogP contribution in [0.15, 0.2) is 9.41 Å². The Morgan fingerprint density at radius 2 is 2.15 bits per heavy atom. The summed E-state index contributed by atoms with van der Waals surface area (Å²) in [5.74, 6) is 0.142. The van der Waals surface area contributed by atoms with Crippen molar-refractivity contribution in [2.24, 2.45) is 16.5 Å². The van der Waals surface area contributed by atoms with Gasteiger partial charge in [0.1, 0.15) is 6.04 Å². The highest BCUT2D eigenvalue weighted by Gasteiger charge is 2.49. The number of carbonyl (C=O) groups is 1. The van der Waals surface area contributed by atoms with Gasteiger partial charge in [-0.3, -0.25) is 9.55 Å². The monoisotopic (exact) mass is 405 g/mol. The van der Waals surface area contributed by atoms with Crippen LogP contribution in [-0.2, 0) is 21.1 Å². The fraction of sp³-hybridized carbons (Fsp3) is 0.667. The first-order valence-electron chi connectivity index (χ1n) is 7.96. The summed E-state index contributed by atoms with van der Waals surface area (Å²) in [6, 6.07) is -1.81. The number of hydroxylamine groups is 2. The van der Waals surface area contributed by atoms with Gasteiger partial charge in [-0.25, -0.2) is 4.79 Å². The molecule has 3 rings (SSSR count). The highest BCUT2D eigenvalue weighted by atomic mass is 32.3. The second-order valence-corrected chi connectivity index (χ2v) is 7.17. The molecule has 15 heteroatoms. The molecule has 0 aromatic carbocycles. The normalized spacial score (nSPS) is 23.6. The minimum absolute atomic E-state index is 0.0189. The molecule has 150 valence electrons. The quantitative estimate of drug-likeness (QED) is 0.219. The Balaban J connectivity index is 1.67. The van der Waals surface area contributed by atoms with Gasteiger partial charge in [0.05, 0.1) is 25.1 Å². The fourth-order valence-electron chi connectivity index (χ4n) is 3.05. The largest absolute Gasteiger partial charge is 0.423 e. The van der Waals surface area contributed by atoms with E-state index in [9.17, 15) is 18.3 Å². The Hall–Kier alpha value is -2.49. The minimum Gasteiger partial charge on any atom is -0.423 e. The van der Waals surface area contributed by atoms with Crippen molar-refractivity contribution < 1.29 is 31.6 Å². The molecule has 2 saturated heterocycles. The maximum Gasteiger partial charge on any atom is 0.418 e. The number of aromatic nitrogens is 2. The van der Waals surface area contributed by atoms with Crippen molar-refractivity contribution in [1.82, 2.24) is 20.2 Å². The molecular formula is C12H19N7O7S. The molecule has 2 amide bonds. The lowest BCUT2D eigenvalue weighted by molar-refractivity contribution is -0.0317. The molecule has 0 aliphatic carbocycles. The van der Waals surface area contributed by atoms with Crippen LogP contribution >= 0.6 is 0 Å². The number of aliphatic imine (C=N–C) groups is 1. The van der Waals surface area contributed by atoms with E-state index in [2.05, 4.69) is 19.5 Å². The molecule has 2 aliphatic heterocycles. The summed E-state index contributed by atoms with van der Waals surface area (Å²) in [5, 5.41) is 18.2. The molecule has 27 heavy (non-hydrogen) atoms. The fourth-order valence-corrected chi connectivity index (χ4v) is 3.44. The zero-order chi connectivity index (χ0) is 19.8. The zero-order valence-corrected chi connectivity index (χ0v) is 14.8. The van der Waals surface area contributed by atoms with Gasteiger partial charge in [-0.05, 0) is 12.8 Å². The van der Waals surface area contributed by atoms with Crippen LogP contribution < -0.4 is 11.5 Å². The smallest absolute Gasteiger partial charge is 0.418 e. The Kier molecular flexibility index (Phi) is 5.18. The standard InChI is InChI=1S/C12H19N7O7S/c13-11(14)15-4-7(20)3-9-16-17-10(25-9)8-2-1-6-5-18(8)12(21)19(6)26-27(22,23)24/h6-8,20H,1-5H2,(H4,13,14,15)(H,22,23,24)/t6-,7?,8+/m1/s1. The van der Waals surface area contributed by atoms with Crippen molar-refractivity contribution in [2.45, 2.75) is 37.5 Å². The van der Waals surface area contributed by atoms with E-state index in [-0.39, 0.29) is 37.3 Å². The van der Waals surface area contributed by atoms with E-state index < -0.39 is 34.6 Å². The molecule has 14 nitrogen and oxygen atoms in total. The average molecular weight is 405 g/mol. The number of guanidine groups is 1. The third kappa shape index (κ3) is 4.44. The number of hydrogen-bond donors (Lipinski definition) is 4. The van der Waals surface area contributed by atoms with Crippen LogP contribution in [0.25, 0.3) is 0 Å². The third-order valence-corrected chi connectivity index (χ3v) is 4.51. The highest BCUT2D eigenvalue weighted by molar-refractivity contribution is 7.80. The molecule has 0 saturated carbocycles. The van der Waals surface area contributed by atoms with E-state index >= 15 is 0 Å². The number of aliphatic hydroxyl groups is 1. The van der Waals surface area contributed by atoms with Crippen LogP contribution in [0.4, 0.5) is 4.79 Å². The van der Waals surface area contributed by atoms with Gasteiger partial charge in [-0.1, -0.05) is 0 Å². The van der Waals surface area contributed by atoms with E-state index in [4.69, 9.17) is 20.4 Å². The summed E-state index contributed by atoms with van der Waals surface area (Å²) in [5.41, 5.74) is 10.4. The summed E-state index contributed by atoms with van der Waals surface area (Å²) in [6.45, 7) is 0.154. The van der Waals surface area contributed by atoms with E-state index in [0.29, 0.717) is 17.9 Å². The van der Waals surface area contributed by atoms with Gasteiger partial charge in [-0.15, -0.1) is 14.5 Å². The number of nitrogens with zero attached hydrogens (tertiary/aromatic N) is 5. The van der Waals surface area contributed by atoms with Crippen molar-refractivity contribution in [3.63, 3.8) is 0 Å². The molecule has 3 atom stereocenters. The molecule has 1 aromatic rings. The van der Waals surface area contributed by atoms with Crippen molar-refractivity contribution in [2.75, 3.05) is 13.1 Å². The van der Waals surface area contributed by atoms with Gasteiger partial charge in [-0.2, -0.15) is 13.5 Å². The van der Waals surface area contributed by atoms with E-state index in [1.807, 2.05) is 0 Å². The van der Waals surface area contributed by atoms with Gasteiger partial charge in [0, 0.05) is 6.54 Å². The van der Waals surface area contributed by atoms with Crippen LogP contribution in [0.1, 0.15) is 30.7 Å². The number of aliphatic hydroxyl groups excluding tert-OH is 1. The van der Waals surface area contributed by atoms with Crippen molar-refractivity contribution in [3.05, 3.63) is 11.8 Å². The summed E-state index contributed by atoms with van der Waals surface area (Å²) < 4.78 is 40.5. The molecule has 3 heterocycles. The first-order chi connectivity index (χ1) is 12.6. The summed E-state index contributed by atoms with van der Waals surface area (Å²) in [4.78, 5) is 17.4. The van der Waals surface area contributed by atoms with Gasteiger partial charge < -0.3 is 25.9 Å². The molecule has 2 bridgehead atoms. The van der Waals surface area contributed by atoms with E-state index in [1.165, 1.54) is 4.90 Å². The predicted molar refractivity (Wildman–Crippen MR) is 87.0 cm³/mol. The van der Waals surface area contributed by atoms with Crippen LogP contribution in [0.5, 0.6) is 0 Å². The maximum absolute atomic E-state index is 12.4. The second kappa shape index (κ2) is 7.26. The number of hydrogen-bond acceptors (Lipinski definition) is 9. The number of amides is 2. The molecule has 0 spiro atoms. The SMILES string of the molecule is NC(N)=NCC(O)Cc1nnc([C@@H]2CC[C@@H]3CN2C(=O)N3OS(=O)(=O)O)o1. The number of nitrogens with two attached hydrogens (primary N) is 2. The highest BCUT2D eigenvalue weighted by Crippen LogP contribution is 2.38. The first kappa shape index (κ1) is 19.3. The van der Waals surface area contributed by atoms with Crippen molar-refractivity contribution in [3.8, 4) is 0 Å². The summed E-state index contributed by atoms with van der Waals surface area (Å²) >= 11 is 0. The number of rotatable bonds is 7. The van der Waals surface area contributed by atoms with E-state index in [1.54, 1.807) is 0 Å². The maximum atomic E-state index is 12.4. The number of carbonyl (C=O) groups excluding carboxylic acids is 1. The van der Waals surface area contributed by atoms with E-state index in [0.717, 1.165) is 0 Å². The van der Waals surface area contributed by atoms with Crippen molar-refractivity contribution in [1.29, 1.82) is 0 Å². The lowest BCUT2D eigenvalue weighted by Gasteiger charge is -2.27. The number of urea groups is 1. The Labute approximate surface area is 153 Å². The summed E-state index contributed by atoms with van der Waals surface area (Å²) in [6.07, 6.45) is -0.0682. The van der Waals surface area contributed by atoms with Gasteiger partial charge in [0.25, 0.3) is 0 Å². The predicted octanol–water partition coefficient (Wildman–Crippen LogP) is -2.08. The first-order valence-corrected chi connectivity index (χ1v) is 9.33. The van der Waals surface area contributed by atoms with Crippen LogP contribution in [0.2, 0.25) is 0 Å². The summed E-state index contributed by atoms with van der Waals surface area (Å²) in [7, 11) is -4.81. The molecular weight excluding hydrogens is 386 g/mol. The minimum atomic E-state index is -4.81. The zero-order valence-electron chi connectivity index (χ0n) is 14.0. The van der Waals surface area contributed by atoms with Crippen LogP contribution in [0, 0.1) is 0 Å². The lowest BCUT2D eigenvalue weighted by atomic mass is 10.0. The second-order valence-electron chi connectivity index (χ2n) is 6.17. The Morgan fingerprint density at radius 3 is 2.81 bits per heavy atom. The lowest BCUT2D eigenvalue weighted by Crippen LogP contribution is -2.35. The number of piperidine rings is 1. The van der Waals surface area contributed by atoms with Crippen LogP contribution in [0.3, 0.4) is 0 Å². The molecule has 0 radical (unpaired) electrons. The van der Waals surface area contributed by atoms with Crippen molar-refractivity contribution >= 4 is 22.4 Å². The van der Waals surface area contributed by atoms with Crippen LogP contribution in [-0.4, -0.2) is 75.5 Å². The Morgan fingerprint density at radius 1 is 1.41 bits per heavy atom. The number of fused-ring (bicyclic) bond motifs is 2. The van der Waals surface area contributed by atoms with Gasteiger partial charge >= 0.3 is 16.4 Å². The molecule has 2 fully saturated rings. The topological polar surface area (TPSA) is 211 Å². The molecule has 6 N–H and O–H groups in total. The van der Waals surface area contributed by atoms with Gasteiger partial charge in [0.2, 0.25) is 11.8 Å². The molecule has 1 aromatic heterocycles. The molecule has 2 aliphatic rings.